The molecule has 5 heteroatoms. The first-order valence-electron chi connectivity index (χ1n) is 9.02. The Morgan fingerprint density at radius 3 is 1.68 bits per heavy atom. The summed E-state index contributed by atoms with van der Waals surface area (Å²) in [4.78, 5) is 26.2. The van der Waals surface area contributed by atoms with E-state index in [1.165, 1.54) is 18.2 Å². The Balaban J connectivity index is 2.08. The molecule has 0 saturated heterocycles. The van der Waals surface area contributed by atoms with Crippen molar-refractivity contribution < 1.29 is 4.39 Å². The topological polar surface area (TPSA) is 44.0 Å². The lowest BCUT2D eigenvalue weighted by Gasteiger charge is -2.15. The normalized spacial score (nSPS) is 11.9. The molecule has 0 aliphatic carbocycles. The zero-order valence-electron chi connectivity index (χ0n) is 15.7. The molecule has 5 aromatic rings. The average molecular weight is 372 g/mol. The van der Waals surface area contributed by atoms with Crippen molar-refractivity contribution in [3.05, 3.63) is 80.4 Å². The minimum Gasteiger partial charge on any atom is -0.343 e. The zero-order chi connectivity index (χ0) is 19.7. The molecule has 0 unspecified atom stereocenters. The van der Waals surface area contributed by atoms with E-state index in [9.17, 15) is 14.0 Å². The first kappa shape index (κ1) is 16.7. The molecular weight excluding hydrogens is 355 g/mol. The van der Waals surface area contributed by atoms with Gasteiger partial charge in [-0.25, -0.2) is 4.39 Å². The highest BCUT2D eigenvalue weighted by Crippen LogP contribution is 2.25. The molecule has 0 saturated carbocycles. The fraction of sp³-hybridized carbons (Fsp3) is 0.130. The average Bonchev–Trinajstić information content (AvgIpc) is 2.69. The Hall–Kier alpha value is -3.47. The van der Waals surface area contributed by atoms with Gasteiger partial charge in [0.2, 0.25) is 0 Å². The van der Waals surface area contributed by atoms with Crippen LogP contribution in [-0.2, 0) is 14.1 Å². The van der Waals surface area contributed by atoms with Crippen LogP contribution in [0, 0.1) is 12.7 Å². The SMILES string of the molecule is Cc1ccc2c(=O)c3cc4c(cc3n(C)c2c1)c(=O)c1ccc(F)cc1n4C. The number of benzene rings is 3. The summed E-state index contributed by atoms with van der Waals surface area (Å²) in [7, 11) is 3.68. The van der Waals surface area contributed by atoms with Crippen LogP contribution in [0.4, 0.5) is 4.39 Å². The van der Waals surface area contributed by atoms with Gasteiger partial charge in [-0.3, -0.25) is 9.59 Å². The fourth-order valence-corrected chi connectivity index (χ4v) is 4.13. The predicted molar refractivity (Wildman–Crippen MR) is 112 cm³/mol. The van der Waals surface area contributed by atoms with Gasteiger partial charge in [-0.2, -0.15) is 0 Å². The van der Waals surface area contributed by atoms with Gasteiger partial charge >= 0.3 is 0 Å². The minimum absolute atomic E-state index is 0.0724. The smallest absolute Gasteiger partial charge is 0.197 e. The van der Waals surface area contributed by atoms with Crippen LogP contribution in [0.3, 0.4) is 0 Å². The van der Waals surface area contributed by atoms with Gasteiger partial charge in [0.05, 0.1) is 22.1 Å². The molecule has 4 nitrogen and oxygen atoms in total. The lowest BCUT2D eigenvalue weighted by molar-refractivity contribution is 0.629. The third-order valence-corrected chi connectivity index (χ3v) is 5.65. The summed E-state index contributed by atoms with van der Waals surface area (Å²) in [6.45, 7) is 1.98. The summed E-state index contributed by atoms with van der Waals surface area (Å²) in [6.07, 6.45) is 0. The first-order chi connectivity index (χ1) is 13.4. The molecular formula is C23H17FN2O2. The van der Waals surface area contributed by atoms with Crippen LogP contribution >= 0.6 is 0 Å². The van der Waals surface area contributed by atoms with Crippen molar-refractivity contribution in [3.63, 3.8) is 0 Å². The molecule has 0 fully saturated rings. The van der Waals surface area contributed by atoms with Crippen LogP contribution in [0.1, 0.15) is 5.56 Å². The van der Waals surface area contributed by atoms with Gasteiger partial charge in [0.25, 0.3) is 0 Å². The monoisotopic (exact) mass is 372 g/mol. The van der Waals surface area contributed by atoms with Gasteiger partial charge in [-0.1, -0.05) is 6.07 Å². The Kier molecular flexibility index (Phi) is 3.29. The quantitative estimate of drug-likeness (QED) is 0.384. The molecule has 3 aromatic carbocycles. The van der Waals surface area contributed by atoms with Gasteiger partial charge in [0.15, 0.2) is 10.9 Å². The second-order valence-corrected chi connectivity index (χ2v) is 7.34. The standard InChI is InChI=1S/C23H17FN2O2/c1-12-4-6-14-18(8-12)25(2)20-10-17-21(11-16(20)22(14)27)26(3)19-9-13(24)5-7-15(19)23(17)28/h4-11H,1-3H3. The van der Waals surface area contributed by atoms with Crippen molar-refractivity contribution in [1.29, 1.82) is 0 Å². The van der Waals surface area contributed by atoms with E-state index in [2.05, 4.69) is 0 Å². The second kappa shape index (κ2) is 5.52. The highest BCUT2D eigenvalue weighted by molar-refractivity contribution is 6.03. The molecule has 0 atom stereocenters. The van der Waals surface area contributed by atoms with Crippen LogP contribution in [-0.4, -0.2) is 9.13 Å². The Labute approximate surface area is 159 Å². The van der Waals surface area contributed by atoms with E-state index in [1.807, 2.05) is 36.7 Å². The van der Waals surface area contributed by atoms with Gasteiger partial charge in [0.1, 0.15) is 5.82 Å². The van der Waals surface area contributed by atoms with E-state index >= 15 is 0 Å². The molecule has 2 heterocycles. The maximum Gasteiger partial charge on any atom is 0.197 e. The maximum absolute atomic E-state index is 13.8. The third kappa shape index (κ3) is 2.10. The molecule has 0 bridgehead atoms. The summed E-state index contributed by atoms with van der Waals surface area (Å²) in [5, 5.41) is 2.14. The van der Waals surface area contributed by atoms with Crippen LogP contribution in [0.15, 0.2) is 58.1 Å². The summed E-state index contributed by atoms with van der Waals surface area (Å²) < 4.78 is 17.5. The molecule has 0 amide bonds. The number of pyridine rings is 2. The molecule has 0 N–H and O–H groups in total. The Morgan fingerprint density at radius 1 is 0.643 bits per heavy atom. The third-order valence-electron chi connectivity index (χ3n) is 5.65. The number of nitrogens with zero attached hydrogens (tertiary/aromatic N) is 2. The molecule has 0 radical (unpaired) electrons. The molecule has 0 aliphatic heterocycles. The van der Waals surface area contributed by atoms with Crippen molar-refractivity contribution in [3.8, 4) is 0 Å². The van der Waals surface area contributed by atoms with Crippen LogP contribution < -0.4 is 10.9 Å². The summed E-state index contributed by atoms with van der Waals surface area (Å²) in [5.74, 6) is -0.403. The maximum atomic E-state index is 13.8. The van der Waals surface area contributed by atoms with Gasteiger partial charge < -0.3 is 9.13 Å². The first-order valence-corrected chi connectivity index (χ1v) is 9.02. The molecule has 0 aliphatic rings. The van der Waals surface area contributed by atoms with Crippen LogP contribution in [0.25, 0.3) is 43.6 Å². The van der Waals surface area contributed by atoms with Gasteiger partial charge in [-0.05, 0) is 55.0 Å². The van der Waals surface area contributed by atoms with Crippen LogP contribution in [0.2, 0.25) is 0 Å². The van der Waals surface area contributed by atoms with Crippen LogP contribution in [0.5, 0.6) is 0 Å². The number of aromatic nitrogens is 2. The van der Waals surface area contributed by atoms with E-state index in [4.69, 9.17) is 0 Å². The van der Waals surface area contributed by atoms with Crippen molar-refractivity contribution in [2.75, 3.05) is 0 Å². The van der Waals surface area contributed by atoms with E-state index in [-0.39, 0.29) is 10.9 Å². The lowest BCUT2D eigenvalue weighted by atomic mass is 10.0. The van der Waals surface area contributed by atoms with E-state index < -0.39 is 5.82 Å². The predicted octanol–water partition coefficient (Wildman–Crippen LogP) is 4.14. The zero-order valence-corrected chi connectivity index (χ0v) is 15.7. The van der Waals surface area contributed by atoms with Gasteiger partial charge in [0, 0.05) is 35.6 Å². The molecule has 28 heavy (non-hydrogen) atoms. The number of aryl methyl sites for hydroxylation is 3. The summed E-state index contributed by atoms with van der Waals surface area (Å²) in [6, 6.07) is 13.4. The molecule has 2 aromatic heterocycles. The number of halogens is 1. The Bertz CT molecular complexity index is 1470. The van der Waals surface area contributed by atoms with Crippen molar-refractivity contribution in [2.45, 2.75) is 6.92 Å². The van der Waals surface area contributed by atoms with Crippen molar-refractivity contribution >= 4 is 43.6 Å². The number of hydrogen-bond donors (Lipinski definition) is 0. The highest BCUT2D eigenvalue weighted by Gasteiger charge is 2.15. The summed E-state index contributed by atoms with van der Waals surface area (Å²) >= 11 is 0. The fourth-order valence-electron chi connectivity index (χ4n) is 4.13. The summed E-state index contributed by atoms with van der Waals surface area (Å²) in [5.41, 5.74) is 3.47. The lowest BCUT2D eigenvalue weighted by Crippen LogP contribution is -2.13. The number of hydrogen-bond acceptors (Lipinski definition) is 2. The minimum atomic E-state index is -0.403. The Morgan fingerprint density at radius 2 is 1.11 bits per heavy atom. The van der Waals surface area contributed by atoms with E-state index in [1.54, 1.807) is 23.7 Å². The largest absolute Gasteiger partial charge is 0.343 e. The highest BCUT2D eigenvalue weighted by atomic mass is 19.1. The molecule has 138 valence electrons. The van der Waals surface area contributed by atoms with E-state index in [0.29, 0.717) is 38.1 Å². The molecule has 0 spiro atoms. The second-order valence-electron chi connectivity index (χ2n) is 7.34. The van der Waals surface area contributed by atoms with E-state index in [0.717, 1.165) is 11.1 Å². The molecule has 5 rings (SSSR count). The number of fused-ring (bicyclic) bond motifs is 4. The van der Waals surface area contributed by atoms with Crippen molar-refractivity contribution in [1.82, 2.24) is 9.13 Å². The van der Waals surface area contributed by atoms with Gasteiger partial charge in [-0.15, -0.1) is 0 Å². The number of rotatable bonds is 0. The van der Waals surface area contributed by atoms with Crippen molar-refractivity contribution in [2.24, 2.45) is 14.1 Å².